The molecular weight excluding hydrogens is 202 g/mol. The zero-order valence-corrected chi connectivity index (χ0v) is 8.77. The second-order valence-corrected chi connectivity index (χ2v) is 4.14. The largest absolute Gasteiger partial charge is 0.338 e. The second kappa shape index (κ2) is 3.56. The van der Waals surface area contributed by atoms with Crippen LogP contribution in [-0.4, -0.2) is 19.9 Å². The molecule has 1 aliphatic rings. The van der Waals surface area contributed by atoms with Gasteiger partial charge in [0, 0.05) is 5.92 Å². The molecule has 2 heterocycles. The molecule has 0 aliphatic heterocycles. The SMILES string of the molecule is N#Cc1ncnc2nc(C3CCCC3)[nH]c12. The fourth-order valence-corrected chi connectivity index (χ4v) is 2.32. The minimum Gasteiger partial charge on any atom is -0.338 e. The Morgan fingerprint density at radius 2 is 2.12 bits per heavy atom. The highest BCUT2D eigenvalue weighted by Crippen LogP contribution is 2.33. The molecule has 0 saturated heterocycles. The Morgan fingerprint density at radius 1 is 1.31 bits per heavy atom. The van der Waals surface area contributed by atoms with Crippen LogP contribution in [0.4, 0.5) is 0 Å². The van der Waals surface area contributed by atoms with Gasteiger partial charge in [0.15, 0.2) is 11.3 Å². The van der Waals surface area contributed by atoms with Crippen molar-refractivity contribution in [1.82, 2.24) is 19.9 Å². The van der Waals surface area contributed by atoms with Crippen LogP contribution in [0.5, 0.6) is 0 Å². The monoisotopic (exact) mass is 213 g/mol. The lowest BCUT2D eigenvalue weighted by atomic mass is 10.1. The molecule has 0 spiro atoms. The third-order valence-corrected chi connectivity index (χ3v) is 3.15. The number of hydrogen-bond acceptors (Lipinski definition) is 4. The summed E-state index contributed by atoms with van der Waals surface area (Å²) < 4.78 is 0. The van der Waals surface area contributed by atoms with Crippen LogP contribution < -0.4 is 0 Å². The molecule has 1 N–H and O–H groups in total. The molecular formula is C11H11N5. The first-order valence-corrected chi connectivity index (χ1v) is 5.49. The van der Waals surface area contributed by atoms with Crippen LogP contribution in [0, 0.1) is 11.3 Å². The molecule has 1 fully saturated rings. The van der Waals surface area contributed by atoms with E-state index >= 15 is 0 Å². The fraction of sp³-hybridized carbons (Fsp3) is 0.455. The van der Waals surface area contributed by atoms with Gasteiger partial charge in [-0.2, -0.15) is 5.26 Å². The van der Waals surface area contributed by atoms with Crippen LogP contribution in [0.1, 0.15) is 43.1 Å². The standard InChI is InChI=1S/C11H11N5/c12-5-8-9-11(14-6-13-8)16-10(15-9)7-3-1-2-4-7/h6-7H,1-4H2,(H,13,14,15,16). The van der Waals surface area contributed by atoms with Gasteiger partial charge < -0.3 is 4.98 Å². The molecule has 0 atom stereocenters. The minimum absolute atomic E-state index is 0.377. The highest BCUT2D eigenvalue weighted by Gasteiger charge is 2.21. The van der Waals surface area contributed by atoms with Crippen molar-refractivity contribution in [3.63, 3.8) is 0 Å². The molecule has 3 rings (SSSR count). The van der Waals surface area contributed by atoms with Gasteiger partial charge in [-0.25, -0.2) is 15.0 Å². The molecule has 1 saturated carbocycles. The number of rotatable bonds is 1. The Labute approximate surface area is 92.6 Å². The zero-order valence-electron chi connectivity index (χ0n) is 8.77. The Kier molecular flexibility index (Phi) is 2.07. The highest BCUT2D eigenvalue weighted by molar-refractivity contribution is 5.75. The fourth-order valence-electron chi connectivity index (χ4n) is 2.32. The van der Waals surface area contributed by atoms with Gasteiger partial charge in [0.25, 0.3) is 0 Å². The van der Waals surface area contributed by atoms with Crippen LogP contribution in [0.3, 0.4) is 0 Å². The van der Waals surface area contributed by atoms with E-state index in [1.807, 2.05) is 0 Å². The van der Waals surface area contributed by atoms with Crippen LogP contribution in [-0.2, 0) is 0 Å². The maximum atomic E-state index is 8.92. The number of nitrogens with zero attached hydrogens (tertiary/aromatic N) is 4. The Bertz CT molecular complexity index is 559. The number of hydrogen-bond donors (Lipinski definition) is 1. The summed E-state index contributed by atoms with van der Waals surface area (Å²) in [6.07, 6.45) is 6.27. The summed E-state index contributed by atoms with van der Waals surface area (Å²) in [5, 5.41) is 8.92. The molecule has 5 nitrogen and oxygen atoms in total. The molecule has 2 aromatic heterocycles. The zero-order chi connectivity index (χ0) is 11.0. The van der Waals surface area contributed by atoms with Gasteiger partial charge in [0.1, 0.15) is 23.7 Å². The average molecular weight is 213 g/mol. The van der Waals surface area contributed by atoms with Gasteiger partial charge in [-0.05, 0) is 12.8 Å². The van der Waals surface area contributed by atoms with Crippen molar-refractivity contribution in [3.05, 3.63) is 17.8 Å². The van der Waals surface area contributed by atoms with E-state index in [9.17, 15) is 0 Å². The normalized spacial score (nSPS) is 16.7. The first-order chi connectivity index (χ1) is 7.88. The van der Waals surface area contributed by atoms with Gasteiger partial charge in [0.2, 0.25) is 0 Å². The number of fused-ring (bicyclic) bond motifs is 1. The Hall–Kier alpha value is -1.96. The minimum atomic E-state index is 0.377. The topological polar surface area (TPSA) is 78.2 Å². The quantitative estimate of drug-likeness (QED) is 0.784. The van der Waals surface area contributed by atoms with Gasteiger partial charge in [0.05, 0.1) is 0 Å². The smallest absolute Gasteiger partial charge is 0.182 e. The summed E-state index contributed by atoms with van der Waals surface area (Å²) in [5.41, 5.74) is 1.65. The number of imidazole rings is 1. The third-order valence-electron chi connectivity index (χ3n) is 3.15. The van der Waals surface area contributed by atoms with Crippen LogP contribution >= 0.6 is 0 Å². The number of H-pyrrole nitrogens is 1. The van der Waals surface area contributed by atoms with E-state index in [0.29, 0.717) is 22.8 Å². The maximum Gasteiger partial charge on any atom is 0.182 e. The molecule has 80 valence electrons. The average Bonchev–Trinajstić information content (AvgIpc) is 2.96. The number of nitriles is 1. The van der Waals surface area contributed by atoms with Crippen molar-refractivity contribution < 1.29 is 0 Å². The predicted molar refractivity (Wildman–Crippen MR) is 57.6 cm³/mol. The van der Waals surface area contributed by atoms with E-state index in [2.05, 4.69) is 26.0 Å². The van der Waals surface area contributed by atoms with E-state index < -0.39 is 0 Å². The summed E-state index contributed by atoms with van der Waals surface area (Å²) in [5.74, 6) is 1.46. The van der Waals surface area contributed by atoms with Crippen molar-refractivity contribution in [2.75, 3.05) is 0 Å². The van der Waals surface area contributed by atoms with Crippen LogP contribution in [0.2, 0.25) is 0 Å². The first-order valence-electron chi connectivity index (χ1n) is 5.49. The van der Waals surface area contributed by atoms with E-state index in [1.54, 1.807) is 0 Å². The van der Waals surface area contributed by atoms with Gasteiger partial charge in [-0.15, -0.1) is 0 Å². The molecule has 2 aromatic rings. The third kappa shape index (κ3) is 1.34. The second-order valence-electron chi connectivity index (χ2n) is 4.14. The van der Waals surface area contributed by atoms with Gasteiger partial charge in [-0.3, -0.25) is 0 Å². The number of aromatic nitrogens is 4. The van der Waals surface area contributed by atoms with Crippen molar-refractivity contribution in [3.8, 4) is 6.07 Å². The Balaban J connectivity index is 2.12. The molecule has 16 heavy (non-hydrogen) atoms. The van der Waals surface area contributed by atoms with Crippen molar-refractivity contribution in [2.45, 2.75) is 31.6 Å². The number of aromatic amines is 1. The lowest BCUT2D eigenvalue weighted by Gasteiger charge is -2.02. The van der Waals surface area contributed by atoms with Crippen molar-refractivity contribution >= 4 is 11.2 Å². The molecule has 5 heteroatoms. The summed E-state index contributed by atoms with van der Waals surface area (Å²) in [7, 11) is 0. The van der Waals surface area contributed by atoms with E-state index in [1.165, 1.54) is 32.0 Å². The molecule has 0 amide bonds. The van der Waals surface area contributed by atoms with E-state index in [-0.39, 0.29) is 0 Å². The summed E-state index contributed by atoms with van der Waals surface area (Å²) in [4.78, 5) is 15.6. The van der Waals surface area contributed by atoms with Gasteiger partial charge in [-0.1, -0.05) is 12.8 Å². The molecule has 0 radical (unpaired) electrons. The lowest BCUT2D eigenvalue weighted by Crippen LogP contribution is -1.94. The summed E-state index contributed by atoms with van der Waals surface area (Å²) in [6, 6.07) is 2.05. The van der Waals surface area contributed by atoms with Crippen LogP contribution in [0.15, 0.2) is 6.33 Å². The highest BCUT2D eigenvalue weighted by atomic mass is 15.0. The summed E-state index contributed by atoms with van der Waals surface area (Å²) in [6.45, 7) is 0. The molecule has 0 bridgehead atoms. The molecule has 0 aromatic carbocycles. The van der Waals surface area contributed by atoms with Gasteiger partial charge >= 0.3 is 0 Å². The maximum absolute atomic E-state index is 8.92. The van der Waals surface area contributed by atoms with Crippen molar-refractivity contribution in [2.24, 2.45) is 0 Å². The van der Waals surface area contributed by atoms with E-state index in [4.69, 9.17) is 5.26 Å². The number of nitrogens with one attached hydrogen (secondary N) is 1. The van der Waals surface area contributed by atoms with E-state index in [0.717, 1.165) is 5.82 Å². The van der Waals surface area contributed by atoms with Crippen LogP contribution in [0.25, 0.3) is 11.2 Å². The predicted octanol–water partition coefficient (Wildman–Crippen LogP) is 1.88. The Morgan fingerprint density at radius 3 is 2.88 bits per heavy atom. The first kappa shape index (κ1) is 9.28. The molecule has 1 aliphatic carbocycles. The lowest BCUT2D eigenvalue weighted by molar-refractivity contribution is 0.681. The summed E-state index contributed by atoms with van der Waals surface area (Å²) >= 11 is 0. The molecule has 0 unspecified atom stereocenters. The van der Waals surface area contributed by atoms with Crippen molar-refractivity contribution in [1.29, 1.82) is 5.26 Å².